The van der Waals surface area contributed by atoms with Gasteiger partial charge in [-0.3, -0.25) is 19.3 Å². The molecule has 1 rings (SSSR count). The molecule has 3 amide bonds. The number of piperidine rings is 1. The average molecular weight is 261 g/mol. The van der Waals surface area contributed by atoms with Crippen molar-refractivity contribution in [3.63, 3.8) is 0 Å². The number of carbonyl (C=O) groups is 3. The fourth-order valence-electron chi connectivity index (χ4n) is 1.70. The Labute approximate surface area is 105 Å². The molecule has 96 valence electrons. The Hall–Kier alpha value is -1.10. The van der Waals surface area contributed by atoms with Gasteiger partial charge >= 0.3 is 0 Å². The summed E-state index contributed by atoms with van der Waals surface area (Å²) >= 11 is 5.51. The van der Waals surface area contributed by atoms with Crippen LogP contribution in [0.3, 0.4) is 0 Å². The van der Waals surface area contributed by atoms with Crippen LogP contribution in [0, 0.1) is 0 Å². The monoisotopic (exact) mass is 260 g/mol. The number of halogens is 1. The number of nitrogens with zero attached hydrogens (tertiary/aromatic N) is 1. The highest BCUT2D eigenvalue weighted by atomic mass is 35.5. The molecule has 0 aromatic rings. The van der Waals surface area contributed by atoms with Gasteiger partial charge in [0, 0.05) is 25.8 Å². The van der Waals surface area contributed by atoms with E-state index in [1.807, 2.05) is 0 Å². The summed E-state index contributed by atoms with van der Waals surface area (Å²) in [5, 5.41) is 2.65. The fourth-order valence-corrected chi connectivity index (χ4v) is 1.89. The molecule has 0 bridgehead atoms. The molecule has 1 fully saturated rings. The lowest BCUT2D eigenvalue weighted by molar-refractivity contribution is -0.149. The zero-order chi connectivity index (χ0) is 12.8. The fraction of sp³-hybridized carbons (Fsp3) is 0.727. The number of rotatable bonds is 5. The van der Waals surface area contributed by atoms with Crippen LogP contribution in [-0.2, 0) is 14.4 Å². The molecular formula is C11H17ClN2O3. The topological polar surface area (TPSA) is 66.5 Å². The first-order valence-corrected chi connectivity index (χ1v) is 6.25. The molecule has 1 N–H and O–H groups in total. The quantitative estimate of drug-likeness (QED) is 0.449. The van der Waals surface area contributed by atoms with Crippen molar-refractivity contribution in [2.75, 3.05) is 12.9 Å². The van der Waals surface area contributed by atoms with Gasteiger partial charge in [-0.1, -0.05) is 0 Å². The number of alkyl halides is 1. The van der Waals surface area contributed by atoms with E-state index in [9.17, 15) is 14.4 Å². The summed E-state index contributed by atoms with van der Waals surface area (Å²) in [5.41, 5.74) is 0. The summed E-state index contributed by atoms with van der Waals surface area (Å²) in [6.45, 7) is 0. The molecule has 1 saturated heterocycles. The smallest absolute Gasteiger partial charge is 0.251 e. The molecule has 6 heteroatoms. The van der Waals surface area contributed by atoms with Gasteiger partial charge in [0.2, 0.25) is 11.8 Å². The first kappa shape index (κ1) is 14.0. The number of nitrogens with one attached hydrogen (secondary N) is 1. The van der Waals surface area contributed by atoms with E-state index in [1.54, 1.807) is 0 Å². The molecule has 0 saturated carbocycles. The van der Waals surface area contributed by atoms with E-state index in [0.717, 1.165) is 11.3 Å². The van der Waals surface area contributed by atoms with Crippen LogP contribution in [0.25, 0.3) is 0 Å². The summed E-state index contributed by atoms with van der Waals surface area (Å²) < 4.78 is 0. The van der Waals surface area contributed by atoms with Gasteiger partial charge in [0.25, 0.3) is 5.91 Å². The van der Waals surface area contributed by atoms with E-state index >= 15 is 0 Å². The summed E-state index contributed by atoms with van der Waals surface area (Å²) in [7, 11) is 1.44. The molecular weight excluding hydrogens is 244 g/mol. The number of unbranched alkanes of at least 4 members (excludes halogenated alkanes) is 1. The summed E-state index contributed by atoms with van der Waals surface area (Å²) in [6, 6.07) is -0.554. The summed E-state index contributed by atoms with van der Waals surface area (Å²) in [6.07, 6.45) is 2.56. The largest absolute Gasteiger partial charge is 0.344 e. The van der Waals surface area contributed by atoms with Crippen molar-refractivity contribution in [1.29, 1.82) is 0 Å². The third-order valence-corrected chi connectivity index (χ3v) is 3.04. The number of amides is 3. The number of hydrogen-bond donors (Lipinski definition) is 1. The van der Waals surface area contributed by atoms with Gasteiger partial charge in [-0.2, -0.15) is 0 Å². The molecule has 0 radical (unpaired) electrons. The standard InChI is InChI=1S/C11H17ClN2O3/c1-14-10(16)6-5-8(11(14)17)13-9(15)4-2-3-7-12/h8H,2-7H2,1H3,(H,13,15). The summed E-state index contributed by atoms with van der Waals surface area (Å²) in [4.78, 5) is 35.5. The maximum Gasteiger partial charge on any atom is 0.251 e. The van der Waals surface area contributed by atoms with Gasteiger partial charge in [0.1, 0.15) is 6.04 Å². The number of likely N-dealkylation sites (N-methyl/N-ethyl adjacent to an activating group) is 1. The minimum atomic E-state index is -0.554. The lowest BCUT2D eigenvalue weighted by Gasteiger charge is -2.28. The van der Waals surface area contributed by atoms with E-state index < -0.39 is 6.04 Å². The first-order chi connectivity index (χ1) is 8.06. The van der Waals surface area contributed by atoms with Gasteiger partial charge < -0.3 is 5.32 Å². The highest BCUT2D eigenvalue weighted by Crippen LogP contribution is 2.11. The van der Waals surface area contributed by atoms with E-state index in [1.165, 1.54) is 7.05 Å². The molecule has 0 aliphatic carbocycles. The summed E-state index contributed by atoms with van der Waals surface area (Å²) in [5.74, 6) is -0.141. The second-order valence-electron chi connectivity index (χ2n) is 4.10. The van der Waals surface area contributed by atoms with Crippen LogP contribution in [0.2, 0.25) is 0 Å². The second kappa shape index (κ2) is 6.59. The van der Waals surface area contributed by atoms with E-state index in [0.29, 0.717) is 31.6 Å². The SMILES string of the molecule is CN1C(=O)CCC(NC(=O)CCCCCl)C1=O. The minimum absolute atomic E-state index is 0.156. The van der Waals surface area contributed by atoms with Crippen molar-refractivity contribution in [1.82, 2.24) is 10.2 Å². The maximum absolute atomic E-state index is 11.7. The molecule has 5 nitrogen and oxygen atoms in total. The van der Waals surface area contributed by atoms with Gasteiger partial charge in [0.05, 0.1) is 0 Å². The Morgan fingerprint density at radius 3 is 2.82 bits per heavy atom. The number of carbonyl (C=O) groups excluding carboxylic acids is 3. The van der Waals surface area contributed by atoms with Crippen LogP contribution in [0.1, 0.15) is 32.1 Å². The van der Waals surface area contributed by atoms with Crippen LogP contribution in [-0.4, -0.2) is 41.6 Å². The molecule has 1 atom stereocenters. The lowest BCUT2D eigenvalue weighted by Crippen LogP contribution is -2.52. The predicted molar refractivity (Wildman–Crippen MR) is 63.5 cm³/mol. The molecule has 0 aromatic heterocycles. The number of likely N-dealkylation sites (tertiary alicyclic amines) is 1. The molecule has 0 aromatic carbocycles. The van der Waals surface area contributed by atoms with Crippen molar-refractivity contribution in [2.24, 2.45) is 0 Å². The molecule has 17 heavy (non-hydrogen) atoms. The van der Waals surface area contributed by atoms with Crippen molar-refractivity contribution in [3.8, 4) is 0 Å². The molecule has 1 unspecified atom stereocenters. The van der Waals surface area contributed by atoms with Crippen LogP contribution in [0.5, 0.6) is 0 Å². The minimum Gasteiger partial charge on any atom is -0.344 e. The number of imide groups is 1. The Balaban J connectivity index is 2.38. The zero-order valence-electron chi connectivity index (χ0n) is 9.87. The Bertz CT molecular complexity index is 320. The predicted octanol–water partition coefficient (Wildman–Crippen LogP) is 0.659. The molecule has 1 aliphatic rings. The van der Waals surface area contributed by atoms with Crippen molar-refractivity contribution in [2.45, 2.75) is 38.1 Å². The third kappa shape index (κ3) is 4.00. The van der Waals surface area contributed by atoms with Crippen molar-refractivity contribution >= 4 is 29.3 Å². The average Bonchev–Trinajstić information content (AvgIpc) is 2.30. The van der Waals surface area contributed by atoms with E-state index in [2.05, 4.69) is 5.32 Å². The van der Waals surface area contributed by atoms with Gasteiger partial charge in [-0.05, 0) is 19.3 Å². The molecule has 1 heterocycles. The van der Waals surface area contributed by atoms with Crippen LogP contribution in [0.15, 0.2) is 0 Å². The maximum atomic E-state index is 11.7. The molecule has 0 spiro atoms. The Kier molecular flexibility index (Phi) is 5.41. The van der Waals surface area contributed by atoms with Crippen LogP contribution in [0.4, 0.5) is 0 Å². The van der Waals surface area contributed by atoms with Crippen LogP contribution < -0.4 is 5.32 Å². The van der Waals surface area contributed by atoms with Gasteiger partial charge in [0.15, 0.2) is 0 Å². The van der Waals surface area contributed by atoms with Crippen LogP contribution >= 0.6 is 11.6 Å². The number of hydrogen-bond acceptors (Lipinski definition) is 3. The second-order valence-corrected chi connectivity index (χ2v) is 4.47. The molecule has 1 aliphatic heterocycles. The zero-order valence-corrected chi connectivity index (χ0v) is 10.6. The van der Waals surface area contributed by atoms with Crippen molar-refractivity contribution < 1.29 is 14.4 Å². The van der Waals surface area contributed by atoms with Gasteiger partial charge in [-0.15, -0.1) is 11.6 Å². The normalized spacial score (nSPS) is 20.6. The highest BCUT2D eigenvalue weighted by molar-refractivity contribution is 6.17. The Morgan fingerprint density at radius 1 is 1.47 bits per heavy atom. The third-order valence-electron chi connectivity index (χ3n) is 2.77. The lowest BCUT2D eigenvalue weighted by atomic mass is 10.0. The van der Waals surface area contributed by atoms with Gasteiger partial charge in [-0.25, -0.2) is 0 Å². The van der Waals surface area contributed by atoms with Crippen molar-refractivity contribution in [3.05, 3.63) is 0 Å². The Morgan fingerprint density at radius 2 is 2.18 bits per heavy atom. The van der Waals surface area contributed by atoms with E-state index in [-0.39, 0.29) is 17.7 Å². The first-order valence-electron chi connectivity index (χ1n) is 5.72. The van der Waals surface area contributed by atoms with E-state index in [4.69, 9.17) is 11.6 Å². The highest BCUT2D eigenvalue weighted by Gasteiger charge is 2.32.